The number of rotatable bonds is 8. The number of hydrogen-bond donors (Lipinski definition) is 1. The molecule has 1 aliphatic heterocycles. The lowest BCUT2D eigenvalue weighted by molar-refractivity contribution is -0.384. The highest BCUT2D eigenvalue weighted by Gasteiger charge is 2.39. The van der Waals surface area contributed by atoms with Gasteiger partial charge in [-0.05, 0) is 62.1 Å². The summed E-state index contributed by atoms with van der Waals surface area (Å²) in [6.45, 7) is 3.97. The number of hydrogen-bond acceptors (Lipinski definition) is 8. The SMILES string of the molecule is CCOC(=O)C1=C(C)NC2=C(C(=O)CCC2)C1c1ccc(OCc2ccc([N+](=O)[O-])cc2)c(OC)c1. The fourth-order valence-corrected chi connectivity index (χ4v) is 4.65. The Bertz CT molecular complexity index is 1260. The van der Waals surface area contributed by atoms with Crippen LogP contribution in [0.3, 0.4) is 0 Å². The second-order valence-corrected chi connectivity index (χ2v) is 8.61. The van der Waals surface area contributed by atoms with Gasteiger partial charge in [0.05, 0.1) is 24.2 Å². The molecular weight excluding hydrogens is 464 g/mol. The molecule has 0 saturated carbocycles. The van der Waals surface area contributed by atoms with E-state index < -0.39 is 16.8 Å². The first kappa shape index (κ1) is 25.0. The molecule has 2 aliphatic rings. The van der Waals surface area contributed by atoms with E-state index in [4.69, 9.17) is 14.2 Å². The molecule has 9 nitrogen and oxygen atoms in total. The van der Waals surface area contributed by atoms with Gasteiger partial charge in [-0.1, -0.05) is 6.07 Å². The number of dihydropyridines is 1. The van der Waals surface area contributed by atoms with Crippen molar-refractivity contribution in [3.05, 3.63) is 86.2 Å². The highest BCUT2D eigenvalue weighted by atomic mass is 16.6. The normalized spacial score (nSPS) is 17.3. The Labute approximate surface area is 208 Å². The average molecular weight is 493 g/mol. The average Bonchev–Trinajstić information content (AvgIpc) is 2.87. The van der Waals surface area contributed by atoms with Crippen LogP contribution in [0.4, 0.5) is 5.69 Å². The first-order chi connectivity index (χ1) is 17.3. The predicted molar refractivity (Wildman–Crippen MR) is 132 cm³/mol. The maximum atomic E-state index is 13.0. The van der Waals surface area contributed by atoms with E-state index >= 15 is 0 Å². The molecule has 1 N–H and O–H groups in total. The zero-order chi connectivity index (χ0) is 25.8. The number of methoxy groups -OCH3 is 1. The van der Waals surface area contributed by atoms with E-state index in [1.54, 1.807) is 31.2 Å². The summed E-state index contributed by atoms with van der Waals surface area (Å²) in [5.41, 5.74) is 4.01. The maximum absolute atomic E-state index is 13.0. The lowest BCUT2D eigenvalue weighted by atomic mass is 9.75. The molecule has 36 heavy (non-hydrogen) atoms. The highest BCUT2D eigenvalue weighted by Crippen LogP contribution is 2.44. The molecular formula is C27H28N2O7. The maximum Gasteiger partial charge on any atom is 0.336 e. The van der Waals surface area contributed by atoms with Crippen LogP contribution in [0.15, 0.2) is 65.0 Å². The topological polar surface area (TPSA) is 117 Å². The molecule has 0 aromatic heterocycles. The molecule has 2 aromatic rings. The third kappa shape index (κ3) is 4.95. The third-order valence-corrected chi connectivity index (χ3v) is 6.33. The number of nitro groups is 1. The summed E-state index contributed by atoms with van der Waals surface area (Å²) in [6.07, 6.45) is 1.93. The van der Waals surface area contributed by atoms with Crippen LogP contribution in [0.2, 0.25) is 0 Å². The number of nitrogens with one attached hydrogen (secondary N) is 1. The van der Waals surface area contributed by atoms with Gasteiger partial charge in [0.1, 0.15) is 6.61 Å². The molecule has 2 aromatic carbocycles. The van der Waals surface area contributed by atoms with E-state index in [1.807, 2.05) is 13.0 Å². The summed E-state index contributed by atoms with van der Waals surface area (Å²) in [5.74, 6) is -0.114. The van der Waals surface area contributed by atoms with E-state index in [1.165, 1.54) is 19.2 Å². The zero-order valence-corrected chi connectivity index (χ0v) is 20.5. The minimum atomic E-state index is -0.578. The summed E-state index contributed by atoms with van der Waals surface area (Å²) < 4.78 is 16.9. The smallest absolute Gasteiger partial charge is 0.336 e. The Kier molecular flexibility index (Phi) is 7.38. The predicted octanol–water partition coefficient (Wildman–Crippen LogP) is 4.71. The molecule has 1 atom stereocenters. The number of carbonyl (C=O) groups is 2. The first-order valence-electron chi connectivity index (χ1n) is 11.8. The number of non-ortho nitro benzene ring substituents is 1. The molecule has 1 unspecified atom stereocenters. The van der Waals surface area contributed by atoms with Gasteiger partial charge in [-0.3, -0.25) is 14.9 Å². The minimum Gasteiger partial charge on any atom is -0.493 e. The number of Topliss-reactive ketones (excluding diaryl/α,β-unsaturated/α-hetero) is 1. The van der Waals surface area contributed by atoms with Gasteiger partial charge in [0.2, 0.25) is 0 Å². The minimum absolute atomic E-state index is 0.00865. The number of carbonyl (C=O) groups excluding carboxylic acids is 2. The van der Waals surface area contributed by atoms with E-state index in [0.717, 1.165) is 29.7 Å². The van der Waals surface area contributed by atoms with Crippen LogP contribution < -0.4 is 14.8 Å². The van der Waals surface area contributed by atoms with Crippen molar-refractivity contribution in [2.24, 2.45) is 0 Å². The van der Waals surface area contributed by atoms with Crippen LogP contribution in [0.1, 0.15) is 50.2 Å². The molecule has 0 amide bonds. The van der Waals surface area contributed by atoms with Crippen LogP contribution in [0.25, 0.3) is 0 Å². The van der Waals surface area contributed by atoms with Crippen molar-refractivity contribution < 1.29 is 28.7 Å². The van der Waals surface area contributed by atoms with Crippen molar-refractivity contribution in [1.82, 2.24) is 5.32 Å². The Morgan fingerprint density at radius 2 is 1.89 bits per heavy atom. The van der Waals surface area contributed by atoms with Crippen molar-refractivity contribution in [1.29, 1.82) is 0 Å². The monoisotopic (exact) mass is 492 g/mol. The van der Waals surface area contributed by atoms with Crippen LogP contribution in [-0.2, 0) is 20.9 Å². The fraction of sp³-hybridized carbons (Fsp3) is 0.333. The third-order valence-electron chi connectivity index (χ3n) is 6.33. The van der Waals surface area contributed by atoms with Gasteiger partial charge in [0.25, 0.3) is 5.69 Å². The van der Waals surface area contributed by atoms with Gasteiger partial charge in [0.15, 0.2) is 17.3 Å². The number of nitro benzene ring substituents is 1. The molecule has 0 saturated heterocycles. The lowest BCUT2D eigenvalue weighted by Gasteiger charge is -2.34. The molecule has 0 spiro atoms. The van der Waals surface area contributed by atoms with Gasteiger partial charge in [-0.25, -0.2) is 4.79 Å². The van der Waals surface area contributed by atoms with Gasteiger partial charge >= 0.3 is 5.97 Å². The van der Waals surface area contributed by atoms with E-state index in [-0.39, 0.29) is 24.7 Å². The van der Waals surface area contributed by atoms with Crippen LogP contribution in [0, 0.1) is 10.1 Å². The molecule has 0 bridgehead atoms. The standard InChI is InChI=1S/C27H28N2O7/c1-4-35-27(31)24-16(2)28-20-6-5-7-21(30)26(20)25(24)18-10-13-22(23(14-18)34-3)36-15-17-8-11-19(12-9-17)29(32)33/h8-14,25,28H,4-7,15H2,1-3H3. The summed E-state index contributed by atoms with van der Waals surface area (Å²) in [4.78, 5) is 36.4. The molecule has 188 valence electrons. The second kappa shape index (κ2) is 10.6. The fourth-order valence-electron chi connectivity index (χ4n) is 4.65. The van der Waals surface area contributed by atoms with Crippen LogP contribution in [0.5, 0.6) is 11.5 Å². The molecule has 0 fully saturated rings. The van der Waals surface area contributed by atoms with Crippen molar-refractivity contribution >= 4 is 17.4 Å². The van der Waals surface area contributed by atoms with Gasteiger partial charge in [-0.15, -0.1) is 0 Å². The van der Waals surface area contributed by atoms with E-state index in [2.05, 4.69) is 5.32 Å². The number of esters is 1. The van der Waals surface area contributed by atoms with Crippen molar-refractivity contribution in [2.75, 3.05) is 13.7 Å². The number of ether oxygens (including phenoxy) is 3. The van der Waals surface area contributed by atoms with Crippen molar-refractivity contribution in [3.8, 4) is 11.5 Å². The Balaban J connectivity index is 1.67. The van der Waals surface area contributed by atoms with Crippen molar-refractivity contribution in [3.63, 3.8) is 0 Å². The summed E-state index contributed by atoms with van der Waals surface area (Å²) >= 11 is 0. The van der Waals surface area contributed by atoms with E-state index in [0.29, 0.717) is 34.8 Å². The van der Waals surface area contributed by atoms with Crippen molar-refractivity contribution in [2.45, 2.75) is 45.6 Å². The Morgan fingerprint density at radius 1 is 1.14 bits per heavy atom. The van der Waals surface area contributed by atoms with E-state index in [9.17, 15) is 19.7 Å². The summed E-state index contributed by atoms with van der Waals surface area (Å²) in [7, 11) is 1.52. The van der Waals surface area contributed by atoms with Crippen LogP contribution >= 0.6 is 0 Å². The molecule has 4 rings (SSSR count). The zero-order valence-electron chi connectivity index (χ0n) is 20.5. The number of allylic oxidation sites excluding steroid dienone is 3. The Morgan fingerprint density at radius 3 is 2.56 bits per heavy atom. The second-order valence-electron chi connectivity index (χ2n) is 8.61. The Hall–Kier alpha value is -4.14. The molecule has 0 radical (unpaired) electrons. The van der Waals surface area contributed by atoms with Crippen LogP contribution in [-0.4, -0.2) is 30.4 Å². The summed E-state index contributed by atoms with van der Waals surface area (Å²) in [6, 6.07) is 11.5. The largest absolute Gasteiger partial charge is 0.493 e. The first-order valence-corrected chi connectivity index (χ1v) is 11.8. The molecule has 9 heteroatoms. The number of nitrogens with zero attached hydrogens (tertiary/aromatic N) is 1. The number of ketones is 1. The van der Waals surface area contributed by atoms with Gasteiger partial charge in [-0.2, -0.15) is 0 Å². The quantitative estimate of drug-likeness (QED) is 0.320. The molecule has 1 heterocycles. The van der Waals surface area contributed by atoms with Gasteiger partial charge in [0, 0.05) is 41.4 Å². The van der Waals surface area contributed by atoms with Gasteiger partial charge < -0.3 is 19.5 Å². The lowest BCUT2D eigenvalue weighted by Crippen LogP contribution is -2.34. The highest BCUT2D eigenvalue weighted by molar-refractivity contribution is 6.03. The number of benzene rings is 2. The molecule has 1 aliphatic carbocycles. The summed E-state index contributed by atoms with van der Waals surface area (Å²) in [5, 5.41) is 14.1.